The van der Waals surface area contributed by atoms with Gasteiger partial charge in [-0.05, 0) is 37.6 Å². The molecule has 0 saturated carbocycles. The molecule has 0 radical (unpaired) electrons. The Morgan fingerprint density at radius 3 is 2.45 bits per heavy atom. The van der Waals surface area contributed by atoms with Gasteiger partial charge in [-0.1, -0.05) is 35.0 Å². The van der Waals surface area contributed by atoms with Crippen molar-refractivity contribution in [2.75, 3.05) is 6.61 Å². The minimum absolute atomic E-state index is 0.306. The molecule has 20 heavy (non-hydrogen) atoms. The van der Waals surface area contributed by atoms with Crippen molar-refractivity contribution in [1.82, 2.24) is 4.98 Å². The van der Waals surface area contributed by atoms with Crippen molar-refractivity contribution in [2.45, 2.75) is 20.3 Å². The summed E-state index contributed by atoms with van der Waals surface area (Å²) in [5.41, 5.74) is 3.21. The molecule has 0 aliphatic heterocycles. The van der Waals surface area contributed by atoms with Gasteiger partial charge in [0.25, 0.3) is 0 Å². The van der Waals surface area contributed by atoms with Crippen molar-refractivity contribution in [2.24, 2.45) is 0 Å². The first-order chi connectivity index (χ1) is 9.65. The van der Waals surface area contributed by atoms with E-state index in [-0.39, 0.29) is 5.97 Å². The maximum Gasteiger partial charge on any atom is 0.339 e. The molecule has 0 atom stereocenters. The fourth-order valence-electron chi connectivity index (χ4n) is 1.95. The molecule has 0 bridgehead atoms. The van der Waals surface area contributed by atoms with Crippen LogP contribution in [0.15, 0.2) is 40.9 Å². The molecule has 0 N–H and O–H groups in total. The van der Waals surface area contributed by atoms with Gasteiger partial charge in [0.2, 0.25) is 0 Å². The Morgan fingerprint density at radius 1 is 1.15 bits per heavy atom. The number of halogens is 1. The molecule has 0 unspecified atom stereocenters. The van der Waals surface area contributed by atoms with Crippen molar-refractivity contribution in [3.8, 4) is 11.3 Å². The second-order valence-electron chi connectivity index (χ2n) is 4.27. The molecule has 0 spiro atoms. The van der Waals surface area contributed by atoms with Gasteiger partial charge in [0.05, 0.1) is 23.6 Å². The number of hydrogen-bond acceptors (Lipinski definition) is 3. The fraction of sp³-hybridized carbons (Fsp3) is 0.250. The molecule has 4 heteroatoms. The molecule has 0 amide bonds. The summed E-state index contributed by atoms with van der Waals surface area (Å²) in [5, 5.41) is 0. The maximum absolute atomic E-state index is 11.8. The molecule has 104 valence electrons. The average Bonchev–Trinajstić information content (AvgIpc) is 2.47. The minimum atomic E-state index is -0.306. The van der Waals surface area contributed by atoms with E-state index >= 15 is 0 Å². The number of hydrogen-bond donors (Lipinski definition) is 0. The highest BCUT2D eigenvalue weighted by Gasteiger charge is 2.13. The van der Waals surface area contributed by atoms with E-state index in [0.717, 1.165) is 21.4 Å². The largest absolute Gasteiger partial charge is 0.462 e. The first-order valence-corrected chi connectivity index (χ1v) is 7.38. The highest BCUT2D eigenvalue weighted by Crippen LogP contribution is 2.22. The lowest BCUT2D eigenvalue weighted by molar-refractivity contribution is 0.0524. The van der Waals surface area contributed by atoms with Crippen LogP contribution >= 0.6 is 15.9 Å². The molecule has 1 heterocycles. The van der Waals surface area contributed by atoms with Gasteiger partial charge in [-0.25, -0.2) is 4.79 Å². The van der Waals surface area contributed by atoms with Gasteiger partial charge in [0, 0.05) is 10.0 Å². The zero-order chi connectivity index (χ0) is 14.5. The molecule has 2 rings (SSSR count). The molecular formula is C16H16BrNO2. The molecule has 0 fully saturated rings. The molecule has 0 aliphatic carbocycles. The van der Waals surface area contributed by atoms with E-state index in [4.69, 9.17) is 4.74 Å². The van der Waals surface area contributed by atoms with Crippen LogP contribution in [0.25, 0.3) is 11.3 Å². The van der Waals surface area contributed by atoms with Crippen LogP contribution < -0.4 is 0 Å². The minimum Gasteiger partial charge on any atom is -0.462 e. The predicted octanol–water partition coefficient (Wildman–Crippen LogP) is 4.25. The third kappa shape index (κ3) is 3.25. The first kappa shape index (κ1) is 14.7. The number of aromatic nitrogens is 1. The van der Waals surface area contributed by atoms with Crippen LogP contribution in [0, 0.1) is 0 Å². The SMILES string of the molecule is CCOC(=O)c1ccc(-c2ccc(Br)cc2)nc1CC. The molecule has 0 saturated heterocycles. The Labute approximate surface area is 127 Å². The lowest BCUT2D eigenvalue weighted by Crippen LogP contribution is -2.09. The monoisotopic (exact) mass is 333 g/mol. The summed E-state index contributed by atoms with van der Waals surface area (Å²) in [4.78, 5) is 16.4. The molecule has 2 aromatic rings. The van der Waals surface area contributed by atoms with Gasteiger partial charge >= 0.3 is 5.97 Å². The maximum atomic E-state index is 11.8. The van der Waals surface area contributed by atoms with Gasteiger partial charge in [-0.2, -0.15) is 0 Å². The lowest BCUT2D eigenvalue weighted by atomic mass is 10.1. The number of esters is 1. The van der Waals surface area contributed by atoms with E-state index in [1.807, 2.05) is 37.3 Å². The van der Waals surface area contributed by atoms with E-state index in [2.05, 4.69) is 20.9 Å². The second-order valence-corrected chi connectivity index (χ2v) is 5.19. The molecule has 3 nitrogen and oxygen atoms in total. The van der Waals surface area contributed by atoms with Crippen LogP contribution in [0.2, 0.25) is 0 Å². The number of aryl methyl sites for hydroxylation is 1. The summed E-state index contributed by atoms with van der Waals surface area (Å²) in [6, 6.07) is 11.6. The summed E-state index contributed by atoms with van der Waals surface area (Å²) in [6.07, 6.45) is 0.693. The van der Waals surface area contributed by atoms with Gasteiger partial charge in [0.1, 0.15) is 0 Å². The smallest absolute Gasteiger partial charge is 0.339 e. The summed E-state index contributed by atoms with van der Waals surface area (Å²) < 4.78 is 6.07. The van der Waals surface area contributed by atoms with Crippen molar-refractivity contribution in [1.29, 1.82) is 0 Å². The average molecular weight is 334 g/mol. The Bertz CT molecular complexity index is 608. The zero-order valence-corrected chi connectivity index (χ0v) is 13.1. The van der Waals surface area contributed by atoms with E-state index in [9.17, 15) is 4.79 Å². The summed E-state index contributed by atoms with van der Waals surface area (Å²) in [5.74, 6) is -0.306. The second kappa shape index (κ2) is 6.66. The number of nitrogens with zero attached hydrogens (tertiary/aromatic N) is 1. The van der Waals surface area contributed by atoms with Crippen LogP contribution in [0.1, 0.15) is 29.9 Å². The van der Waals surface area contributed by atoms with Gasteiger partial charge in [-0.15, -0.1) is 0 Å². The van der Waals surface area contributed by atoms with Crippen LogP contribution in [0.3, 0.4) is 0 Å². The standard InChI is InChI=1S/C16H16BrNO2/c1-3-14-13(16(19)20-4-2)9-10-15(18-14)11-5-7-12(17)8-6-11/h5-10H,3-4H2,1-2H3. The quantitative estimate of drug-likeness (QED) is 0.785. The normalized spacial score (nSPS) is 10.3. The molecule has 1 aromatic carbocycles. The highest BCUT2D eigenvalue weighted by molar-refractivity contribution is 9.10. The van der Waals surface area contributed by atoms with Gasteiger partial charge in [0.15, 0.2) is 0 Å². The molecular weight excluding hydrogens is 318 g/mol. The van der Waals surface area contributed by atoms with Crippen LogP contribution in [0.5, 0.6) is 0 Å². The number of pyridine rings is 1. The number of carbonyl (C=O) groups excluding carboxylic acids is 1. The number of ether oxygens (including phenoxy) is 1. The topological polar surface area (TPSA) is 39.2 Å². The van der Waals surface area contributed by atoms with Crippen LogP contribution in [0.4, 0.5) is 0 Å². The number of rotatable bonds is 4. The summed E-state index contributed by atoms with van der Waals surface area (Å²) >= 11 is 3.41. The van der Waals surface area contributed by atoms with E-state index in [0.29, 0.717) is 18.6 Å². The summed E-state index contributed by atoms with van der Waals surface area (Å²) in [6.45, 7) is 4.15. The molecule has 1 aromatic heterocycles. The highest BCUT2D eigenvalue weighted by atomic mass is 79.9. The third-order valence-corrected chi connectivity index (χ3v) is 3.47. The Hall–Kier alpha value is -1.68. The third-order valence-electron chi connectivity index (χ3n) is 2.94. The lowest BCUT2D eigenvalue weighted by Gasteiger charge is -2.09. The van der Waals surface area contributed by atoms with Crippen molar-refractivity contribution in [3.05, 3.63) is 52.1 Å². The van der Waals surface area contributed by atoms with Crippen molar-refractivity contribution in [3.63, 3.8) is 0 Å². The first-order valence-electron chi connectivity index (χ1n) is 6.58. The Balaban J connectivity index is 2.38. The van der Waals surface area contributed by atoms with Crippen LogP contribution in [-0.4, -0.2) is 17.6 Å². The van der Waals surface area contributed by atoms with Gasteiger partial charge < -0.3 is 4.74 Å². The summed E-state index contributed by atoms with van der Waals surface area (Å²) in [7, 11) is 0. The van der Waals surface area contributed by atoms with Crippen molar-refractivity contribution >= 4 is 21.9 Å². The fourth-order valence-corrected chi connectivity index (χ4v) is 2.21. The van der Waals surface area contributed by atoms with Crippen molar-refractivity contribution < 1.29 is 9.53 Å². The number of carbonyl (C=O) groups is 1. The molecule has 0 aliphatic rings. The van der Waals surface area contributed by atoms with Crippen LogP contribution in [-0.2, 0) is 11.2 Å². The van der Waals surface area contributed by atoms with E-state index < -0.39 is 0 Å². The Morgan fingerprint density at radius 2 is 1.85 bits per heavy atom. The zero-order valence-electron chi connectivity index (χ0n) is 11.5. The Kier molecular flexibility index (Phi) is 4.90. The van der Waals surface area contributed by atoms with Gasteiger partial charge in [-0.3, -0.25) is 4.98 Å². The van der Waals surface area contributed by atoms with E-state index in [1.54, 1.807) is 13.0 Å². The predicted molar refractivity (Wildman–Crippen MR) is 82.7 cm³/mol. The number of benzene rings is 1. The van der Waals surface area contributed by atoms with E-state index in [1.165, 1.54) is 0 Å².